The molecule has 2 unspecified atom stereocenters. The third-order valence-corrected chi connectivity index (χ3v) is 5.39. The van der Waals surface area contributed by atoms with Crippen LogP contribution in [0.1, 0.15) is 13.3 Å². The fraction of sp³-hybridized carbons (Fsp3) is 0.316. The van der Waals surface area contributed by atoms with Gasteiger partial charge in [-0.1, -0.05) is 36.4 Å². The van der Waals surface area contributed by atoms with Crippen LogP contribution >= 0.6 is 11.8 Å². The van der Waals surface area contributed by atoms with Gasteiger partial charge in [-0.15, -0.1) is 11.8 Å². The maximum atomic E-state index is 12.4. The number of hydrogen-bond acceptors (Lipinski definition) is 5. The summed E-state index contributed by atoms with van der Waals surface area (Å²) in [5.41, 5.74) is 0.721. The highest BCUT2D eigenvalue weighted by Crippen LogP contribution is 2.25. The molecule has 2 N–H and O–H groups in total. The number of hydrogen-bond donors (Lipinski definition) is 2. The summed E-state index contributed by atoms with van der Waals surface area (Å²) in [4.78, 5) is 36.3. The monoisotopic (exact) mass is 372 g/mol. The highest BCUT2D eigenvalue weighted by atomic mass is 32.2. The van der Waals surface area contributed by atoms with Crippen LogP contribution in [0.2, 0.25) is 0 Å². The van der Waals surface area contributed by atoms with E-state index in [1.165, 1.54) is 11.8 Å². The van der Waals surface area contributed by atoms with E-state index in [0.717, 1.165) is 16.5 Å². The number of carbonyl (C=O) groups is 3. The molecule has 0 radical (unpaired) electrons. The van der Waals surface area contributed by atoms with Gasteiger partial charge in [-0.05, 0) is 18.4 Å². The first kappa shape index (κ1) is 18.3. The van der Waals surface area contributed by atoms with Crippen molar-refractivity contribution in [1.29, 1.82) is 0 Å². The molecular formula is C19H20N2O4S. The van der Waals surface area contributed by atoms with Gasteiger partial charge in [0.25, 0.3) is 0 Å². The molecular weight excluding hydrogens is 352 g/mol. The first-order valence-electron chi connectivity index (χ1n) is 8.44. The summed E-state index contributed by atoms with van der Waals surface area (Å²) in [5, 5.41) is 6.99. The fourth-order valence-corrected chi connectivity index (χ4v) is 3.95. The molecule has 1 saturated heterocycles. The van der Waals surface area contributed by atoms with E-state index in [1.54, 1.807) is 6.92 Å². The Hall–Kier alpha value is -2.54. The predicted molar refractivity (Wildman–Crippen MR) is 102 cm³/mol. The molecule has 0 aliphatic carbocycles. The lowest BCUT2D eigenvalue weighted by molar-refractivity contribution is -0.146. The summed E-state index contributed by atoms with van der Waals surface area (Å²) in [6.07, 6.45) is 0.0509. The van der Waals surface area contributed by atoms with Gasteiger partial charge in [0.05, 0.1) is 11.9 Å². The Balaban J connectivity index is 1.60. The zero-order valence-electron chi connectivity index (χ0n) is 14.4. The van der Waals surface area contributed by atoms with Crippen molar-refractivity contribution >= 4 is 46.0 Å². The second-order valence-electron chi connectivity index (χ2n) is 5.91. The van der Waals surface area contributed by atoms with E-state index in [-0.39, 0.29) is 24.8 Å². The molecule has 1 aliphatic rings. The molecule has 0 bridgehead atoms. The van der Waals surface area contributed by atoms with Gasteiger partial charge in [-0.3, -0.25) is 9.59 Å². The molecule has 2 aromatic rings. The second kappa shape index (κ2) is 8.23. The van der Waals surface area contributed by atoms with Gasteiger partial charge in [0.2, 0.25) is 11.8 Å². The van der Waals surface area contributed by atoms with Gasteiger partial charge in [-0.2, -0.15) is 0 Å². The maximum absolute atomic E-state index is 12.4. The minimum atomic E-state index is -0.648. The van der Waals surface area contributed by atoms with Crippen LogP contribution in [0.5, 0.6) is 0 Å². The third kappa shape index (κ3) is 4.16. The highest BCUT2D eigenvalue weighted by Gasteiger charge is 2.34. The number of carbonyl (C=O) groups excluding carboxylic acids is 3. The number of anilines is 1. The lowest BCUT2D eigenvalue weighted by Gasteiger charge is -2.27. The second-order valence-corrected chi connectivity index (χ2v) is 7.15. The Kier molecular flexibility index (Phi) is 5.78. The SMILES string of the molecule is CCOC(=O)C1CSC(CC(=O)Nc2cccc3ccccc23)C(=O)N1. The molecule has 1 heterocycles. The van der Waals surface area contributed by atoms with Crippen LogP contribution in [0.25, 0.3) is 10.8 Å². The summed E-state index contributed by atoms with van der Waals surface area (Å²) >= 11 is 1.30. The van der Waals surface area contributed by atoms with E-state index >= 15 is 0 Å². The minimum Gasteiger partial charge on any atom is -0.464 e. The molecule has 2 amide bonds. The van der Waals surface area contributed by atoms with Crippen LogP contribution in [0.4, 0.5) is 5.69 Å². The third-order valence-electron chi connectivity index (χ3n) is 4.08. The van der Waals surface area contributed by atoms with Crippen molar-refractivity contribution in [3.05, 3.63) is 42.5 Å². The molecule has 2 atom stereocenters. The zero-order valence-corrected chi connectivity index (χ0v) is 15.2. The van der Waals surface area contributed by atoms with Gasteiger partial charge in [-0.25, -0.2) is 4.79 Å². The molecule has 2 aromatic carbocycles. The summed E-state index contributed by atoms with van der Waals surface area (Å²) in [6.45, 7) is 1.99. The molecule has 0 saturated carbocycles. The van der Waals surface area contributed by atoms with Gasteiger partial charge < -0.3 is 15.4 Å². The molecule has 0 spiro atoms. The maximum Gasteiger partial charge on any atom is 0.329 e. The molecule has 3 rings (SSSR count). The number of benzene rings is 2. The number of amides is 2. The van der Waals surface area contributed by atoms with Crippen LogP contribution in [-0.4, -0.2) is 41.4 Å². The molecule has 1 fully saturated rings. The van der Waals surface area contributed by atoms with Crippen LogP contribution in [-0.2, 0) is 19.1 Å². The topological polar surface area (TPSA) is 84.5 Å². The predicted octanol–water partition coefficient (Wildman–Crippen LogP) is 2.33. The Bertz CT molecular complexity index is 834. The first-order valence-corrected chi connectivity index (χ1v) is 9.49. The van der Waals surface area contributed by atoms with Crippen molar-refractivity contribution in [3.8, 4) is 0 Å². The van der Waals surface area contributed by atoms with Crippen molar-refractivity contribution in [3.63, 3.8) is 0 Å². The number of thioether (sulfide) groups is 1. The van der Waals surface area contributed by atoms with Crippen molar-refractivity contribution in [2.45, 2.75) is 24.6 Å². The molecule has 0 aromatic heterocycles. The first-order chi connectivity index (χ1) is 12.6. The van der Waals surface area contributed by atoms with E-state index in [4.69, 9.17) is 4.74 Å². The van der Waals surface area contributed by atoms with Gasteiger partial charge >= 0.3 is 5.97 Å². The largest absolute Gasteiger partial charge is 0.464 e. The molecule has 7 heteroatoms. The van der Waals surface area contributed by atoms with Gasteiger partial charge in [0, 0.05) is 23.2 Å². The quantitative estimate of drug-likeness (QED) is 0.787. The average Bonchev–Trinajstić information content (AvgIpc) is 2.64. The Labute approximate surface area is 155 Å². The normalized spacial score (nSPS) is 19.7. The summed E-state index contributed by atoms with van der Waals surface area (Å²) in [6, 6.07) is 12.8. The molecule has 6 nitrogen and oxygen atoms in total. The Morgan fingerprint density at radius 2 is 2.00 bits per heavy atom. The number of rotatable bonds is 5. The van der Waals surface area contributed by atoms with E-state index in [9.17, 15) is 14.4 Å². The lowest BCUT2D eigenvalue weighted by atomic mass is 10.1. The van der Waals surface area contributed by atoms with Gasteiger partial charge in [0.15, 0.2) is 0 Å². The number of nitrogens with one attached hydrogen (secondary N) is 2. The standard InChI is InChI=1S/C19H20N2O4S/c1-2-25-19(24)15-11-26-16(18(23)21-15)10-17(22)20-14-9-5-7-12-6-3-4-8-13(12)14/h3-9,15-16H,2,10-11H2,1H3,(H,20,22)(H,21,23). The summed E-state index contributed by atoms with van der Waals surface area (Å²) < 4.78 is 4.92. The summed E-state index contributed by atoms with van der Waals surface area (Å²) in [7, 11) is 0. The van der Waals surface area contributed by atoms with Gasteiger partial charge in [0.1, 0.15) is 6.04 Å². The van der Waals surface area contributed by atoms with Crippen LogP contribution < -0.4 is 10.6 Å². The number of ether oxygens (including phenoxy) is 1. The van der Waals surface area contributed by atoms with Crippen LogP contribution in [0, 0.1) is 0 Å². The van der Waals surface area contributed by atoms with Crippen LogP contribution in [0.15, 0.2) is 42.5 Å². The molecule has 26 heavy (non-hydrogen) atoms. The Morgan fingerprint density at radius 3 is 2.77 bits per heavy atom. The summed E-state index contributed by atoms with van der Waals surface area (Å²) in [5.74, 6) is -0.584. The van der Waals surface area contributed by atoms with Crippen molar-refractivity contribution in [1.82, 2.24) is 5.32 Å². The van der Waals surface area contributed by atoms with E-state index in [2.05, 4.69) is 10.6 Å². The van der Waals surface area contributed by atoms with Crippen molar-refractivity contribution in [2.75, 3.05) is 17.7 Å². The van der Waals surface area contributed by atoms with E-state index < -0.39 is 17.3 Å². The highest BCUT2D eigenvalue weighted by molar-refractivity contribution is 8.00. The van der Waals surface area contributed by atoms with Crippen molar-refractivity contribution < 1.29 is 19.1 Å². The Morgan fingerprint density at radius 1 is 1.23 bits per heavy atom. The molecule has 1 aliphatic heterocycles. The minimum absolute atomic E-state index is 0.0509. The van der Waals surface area contributed by atoms with Crippen LogP contribution in [0.3, 0.4) is 0 Å². The average molecular weight is 372 g/mol. The smallest absolute Gasteiger partial charge is 0.329 e. The molecule has 136 valence electrons. The number of esters is 1. The van der Waals surface area contributed by atoms with Crippen molar-refractivity contribution in [2.24, 2.45) is 0 Å². The zero-order chi connectivity index (χ0) is 18.5. The van der Waals surface area contributed by atoms with E-state index in [0.29, 0.717) is 5.75 Å². The number of fused-ring (bicyclic) bond motifs is 1. The lowest BCUT2D eigenvalue weighted by Crippen LogP contribution is -2.51. The fourth-order valence-electron chi connectivity index (χ4n) is 2.82. The van der Waals surface area contributed by atoms with E-state index in [1.807, 2.05) is 42.5 Å².